The fraction of sp³-hybridized carbons (Fsp3) is 0.172. The van der Waals surface area contributed by atoms with Crippen molar-refractivity contribution in [3.8, 4) is 28.6 Å². The van der Waals surface area contributed by atoms with Gasteiger partial charge in [0.05, 0.1) is 30.5 Å². The summed E-state index contributed by atoms with van der Waals surface area (Å²) < 4.78 is 47.9. The van der Waals surface area contributed by atoms with Gasteiger partial charge >= 0.3 is 6.36 Å². The molecule has 44 heavy (non-hydrogen) atoms. The number of thiocarbonyl (C=S) groups is 1. The number of thioether (sulfide) groups is 1. The van der Waals surface area contributed by atoms with E-state index in [1.165, 1.54) is 47.0 Å². The lowest BCUT2D eigenvalue weighted by Gasteiger charge is -2.21. The van der Waals surface area contributed by atoms with E-state index in [1.54, 1.807) is 30.4 Å². The zero-order valence-electron chi connectivity index (χ0n) is 23.5. The summed E-state index contributed by atoms with van der Waals surface area (Å²) in [6.45, 7) is 3.82. The van der Waals surface area contributed by atoms with Gasteiger partial charge in [-0.2, -0.15) is 10.1 Å². The Kier molecular flexibility index (Phi) is 8.96. The Hall–Kier alpha value is -4.76. The number of aliphatic imine (C=N–C) groups is 1. The van der Waals surface area contributed by atoms with Gasteiger partial charge in [-0.1, -0.05) is 36.0 Å². The molecule has 4 aromatic rings. The minimum Gasteiger partial charge on any atom is -0.497 e. The number of ether oxygens (including phenoxy) is 2. The number of benzene rings is 3. The third-order valence-corrected chi connectivity index (χ3v) is 7.36. The molecule has 2 heterocycles. The highest BCUT2D eigenvalue weighted by molar-refractivity contribution is 8.15. The van der Waals surface area contributed by atoms with Gasteiger partial charge in [-0.3, -0.25) is 15.1 Å². The summed E-state index contributed by atoms with van der Waals surface area (Å²) in [5.74, 6) is 0.964. The van der Waals surface area contributed by atoms with Gasteiger partial charge in [-0.25, -0.2) is 9.67 Å². The maximum Gasteiger partial charge on any atom is 0.573 e. The summed E-state index contributed by atoms with van der Waals surface area (Å²) in [5.41, 5.74) is 7.22. The van der Waals surface area contributed by atoms with Crippen LogP contribution < -0.4 is 19.8 Å². The second-order valence-corrected chi connectivity index (χ2v) is 10.7. The van der Waals surface area contributed by atoms with Crippen molar-refractivity contribution in [1.29, 1.82) is 0 Å². The van der Waals surface area contributed by atoms with Crippen molar-refractivity contribution >= 4 is 52.1 Å². The van der Waals surface area contributed by atoms with E-state index in [2.05, 4.69) is 30.3 Å². The maximum absolute atomic E-state index is 12.7. The van der Waals surface area contributed by atoms with Gasteiger partial charge in [0, 0.05) is 5.56 Å². The zero-order chi connectivity index (χ0) is 31.4. The van der Waals surface area contributed by atoms with E-state index in [0.717, 1.165) is 27.9 Å². The molecule has 1 aromatic heterocycles. The summed E-state index contributed by atoms with van der Waals surface area (Å²) in [7, 11) is 1.59. The van der Waals surface area contributed by atoms with Crippen molar-refractivity contribution in [3.05, 3.63) is 83.7 Å². The van der Waals surface area contributed by atoms with Gasteiger partial charge < -0.3 is 9.47 Å². The van der Waals surface area contributed by atoms with E-state index in [9.17, 15) is 18.0 Å². The lowest BCUT2D eigenvalue weighted by Crippen LogP contribution is -2.32. The molecule has 1 fully saturated rings. The molecule has 1 N–H and O–H groups in total. The van der Waals surface area contributed by atoms with Crippen LogP contribution in [0.2, 0.25) is 0 Å². The number of nitrogens with one attached hydrogen (secondary N) is 1. The van der Waals surface area contributed by atoms with Crippen LogP contribution in [-0.4, -0.2) is 56.4 Å². The van der Waals surface area contributed by atoms with E-state index in [-0.39, 0.29) is 22.5 Å². The fourth-order valence-corrected chi connectivity index (χ4v) is 5.42. The van der Waals surface area contributed by atoms with Crippen molar-refractivity contribution in [3.63, 3.8) is 0 Å². The van der Waals surface area contributed by atoms with Gasteiger partial charge in [0.15, 0.2) is 11.0 Å². The third-order valence-electron chi connectivity index (χ3n) is 6.26. The third kappa shape index (κ3) is 7.23. The summed E-state index contributed by atoms with van der Waals surface area (Å²) in [6.07, 6.45) is -1.73. The number of carbonyl (C=O) groups excluding carboxylic acids is 1. The fourth-order valence-electron chi connectivity index (χ4n) is 4.36. The molecule has 0 radical (unpaired) electrons. The first kappa shape index (κ1) is 30.7. The van der Waals surface area contributed by atoms with E-state index in [4.69, 9.17) is 17.0 Å². The quantitative estimate of drug-likeness (QED) is 0.154. The molecule has 0 spiro atoms. The van der Waals surface area contributed by atoms with Gasteiger partial charge in [-0.05, 0) is 79.2 Å². The van der Waals surface area contributed by atoms with E-state index in [0.29, 0.717) is 22.4 Å². The van der Waals surface area contributed by atoms with Crippen LogP contribution in [-0.2, 0) is 4.79 Å². The molecule has 0 unspecified atom stereocenters. The van der Waals surface area contributed by atoms with Crippen LogP contribution in [0.3, 0.4) is 0 Å². The number of methoxy groups -OCH3 is 1. The highest BCUT2D eigenvalue weighted by Crippen LogP contribution is 2.35. The normalized spacial score (nSPS) is 14.5. The number of nitrogens with zero attached hydrogens (tertiary/aromatic N) is 6. The molecule has 10 nitrogen and oxygen atoms in total. The number of alkyl halides is 3. The average Bonchev–Trinajstić information content (AvgIpc) is 3.60. The van der Waals surface area contributed by atoms with Crippen LogP contribution in [0, 0.1) is 13.8 Å². The van der Waals surface area contributed by atoms with E-state index >= 15 is 0 Å². The maximum atomic E-state index is 12.7. The monoisotopic (exact) mass is 639 g/mol. The Labute approximate surface area is 259 Å². The standard InChI is InChI=1S/C29H24F3N7O3S2/c1-17-12-23(41-3)13-18(2)25(17)39-24(40)15-44-28(39)35-27(43)36-34-14-19-4-6-20(7-5-19)26-33-16-38(37-26)21-8-10-22(11-9-21)42-29(30,31)32/h4-14,16H,15H2,1-3H3,(H,36,43)/b34-14+,35-28?. The summed E-state index contributed by atoms with van der Waals surface area (Å²) in [4.78, 5) is 23.0. The van der Waals surface area contributed by atoms with Crippen molar-refractivity contribution < 1.29 is 27.4 Å². The smallest absolute Gasteiger partial charge is 0.497 e. The summed E-state index contributed by atoms with van der Waals surface area (Å²) >= 11 is 6.65. The Morgan fingerprint density at radius 3 is 2.39 bits per heavy atom. The molecule has 0 atom stereocenters. The second-order valence-electron chi connectivity index (χ2n) is 9.37. The molecule has 0 saturated carbocycles. The first-order valence-corrected chi connectivity index (χ1v) is 14.3. The number of amides is 1. The number of hydrazone groups is 1. The first-order chi connectivity index (χ1) is 21.0. The molecule has 1 saturated heterocycles. The minimum absolute atomic E-state index is 0.0933. The van der Waals surface area contributed by atoms with E-state index < -0.39 is 6.36 Å². The van der Waals surface area contributed by atoms with E-state index in [1.807, 2.05) is 38.1 Å². The topological polar surface area (TPSA) is 106 Å². The van der Waals surface area contributed by atoms with Crippen LogP contribution in [0.4, 0.5) is 18.9 Å². The summed E-state index contributed by atoms with van der Waals surface area (Å²) in [5, 5.41) is 9.12. The number of anilines is 1. The Balaban J connectivity index is 1.21. The van der Waals surface area contributed by atoms with Gasteiger partial charge in [0.1, 0.15) is 17.8 Å². The number of hydrogen-bond acceptors (Lipinski definition) is 8. The van der Waals surface area contributed by atoms with Crippen LogP contribution in [0.25, 0.3) is 17.1 Å². The molecule has 3 aromatic carbocycles. The molecule has 0 aliphatic carbocycles. The number of hydrogen-bond donors (Lipinski definition) is 1. The first-order valence-electron chi connectivity index (χ1n) is 12.9. The molecule has 1 aliphatic rings. The number of aryl methyl sites for hydroxylation is 2. The molecule has 1 aliphatic heterocycles. The second kappa shape index (κ2) is 12.9. The zero-order valence-corrected chi connectivity index (χ0v) is 25.1. The number of amidine groups is 1. The average molecular weight is 640 g/mol. The predicted octanol–water partition coefficient (Wildman–Crippen LogP) is 5.80. The van der Waals surface area contributed by atoms with Crippen LogP contribution in [0.15, 0.2) is 77.1 Å². The molecule has 1 amide bonds. The molecular formula is C29H24F3N7O3S2. The molecule has 15 heteroatoms. The van der Waals surface area contributed by atoms with Crippen molar-refractivity contribution in [2.24, 2.45) is 10.1 Å². The number of halogens is 3. The van der Waals surface area contributed by atoms with Gasteiger partial charge in [0.25, 0.3) is 0 Å². The lowest BCUT2D eigenvalue weighted by molar-refractivity contribution is -0.274. The van der Waals surface area contributed by atoms with Gasteiger partial charge in [-0.15, -0.1) is 18.3 Å². The van der Waals surface area contributed by atoms with Crippen LogP contribution in [0.5, 0.6) is 11.5 Å². The van der Waals surface area contributed by atoms with Crippen LogP contribution in [0.1, 0.15) is 16.7 Å². The number of aromatic nitrogens is 3. The summed E-state index contributed by atoms with van der Waals surface area (Å²) in [6, 6.07) is 16.3. The van der Waals surface area contributed by atoms with Gasteiger partial charge in [0.2, 0.25) is 11.0 Å². The molecule has 5 rings (SSSR count). The largest absolute Gasteiger partial charge is 0.573 e. The highest BCUT2D eigenvalue weighted by Gasteiger charge is 2.32. The predicted molar refractivity (Wildman–Crippen MR) is 167 cm³/mol. The lowest BCUT2D eigenvalue weighted by atomic mass is 10.1. The SMILES string of the molecule is COc1cc(C)c(N2C(=O)CSC2=NC(=S)N/N=C/c2ccc(-c3ncn(-c4ccc(OC(F)(F)F)cc4)n3)cc2)c(C)c1. The van der Waals surface area contributed by atoms with Crippen LogP contribution >= 0.6 is 24.0 Å². The van der Waals surface area contributed by atoms with Crippen molar-refractivity contribution in [2.75, 3.05) is 17.8 Å². The van der Waals surface area contributed by atoms with Crippen molar-refractivity contribution in [1.82, 2.24) is 20.2 Å². The minimum atomic E-state index is -4.76. The molecular weight excluding hydrogens is 615 g/mol. The Morgan fingerprint density at radius 2 is 1.75 bits per heavy atom. The number of carbonyl (C=O) groups is 1. The Bertz CT molecular complexity index is 1730. The molecule has 0 bridgehead atoms. The number of rotatable bonds is 7. The highest BCUT2D eigenvalue weighted by atomic mass is 32.2. The van der Waals surface area contributed by atoms with Crippen molar-refractivity contribution in [2.45, 2.75) is 20.2 Å². The molecule has 226 valence electrons. The Morgan fingerprint density at radius 1 is 1.07 bits per heavy atom.